The molecule has 2 aromatic rings. The van der Waals surface area contributed by atoms with Crippen molar-refractivity contribution in [3.8, 4) is 0 Å². The quantitative estimate of drug-likeness (QED) is 0.504. The summed E-state index contributed by atoms with van der Waals surface area (Å²) in [4.78, 5) is 1.28. The Kier molecular flexibility index (Phi) is 3.79. The van der Waals surface area contributed by atoms with E-state index in [4.69, 9.17) is 5.73 Å². The average molecular weight is 246 g/mol. The second-order valence-corrected chi connectivity index (χ2v) is 5.23. The van der Waals surface area contributed by atoms with Gasteiger partial charge < -0.3 is 10.3 Å². The zero-order valence-electron chi connectivity index (χ0n) is 10.3. The number of benzene rings is 1. The van der Waals surface area contributed by atoms with Gasteiger partial charge in [0.15, 0.2) is 0 Å². The lowest BCUT2D eigenvalue weighted by Crippen LogP contribution is -1.94. The number of hydrogen-bond acceptors (Lipinski definition) is 2. The Morgan fingerprint density at radius 2 is 2.24 bits per heavy atom. The van der Waals surface area contributed by atoms with Crippen LogP contribution in [0.5, 0.6) is 0 Å². The summed E-state index contributed by atoms with van der Waals surface area (Å²) >= 11 is 1.84. The monoisotopic (exact) mass is 246 g/mol. The van der Waals surface area contributed by atoms with Crippen LogP contribution in [-0.2, 0) is 6.54 Å². The van der Waals surface area contributed by atoms with Crippen molar-refractivity contribution < 1.29 is 0 Å². The molecule has 3 heteroatoms. The summed E-state index contributed by atoms with van der Waals surface area (Å²) in [5.41, 5.74) is 8.03. The molecular formula is C14H18N2S. The summed E-state index contributed by atoms with van der Waals surface area (Å²) in [5.74, 6) is 1.07. The highest BCUT2D eigenvalue weighted by Crippen LogP contribution is 2.31. The lowest BCUT2D eigenvalue weighted by Gasteiger charge is -2.06. The number of nitrogen functional groups attached to an aromatic ring is 1. The number of allylic oxidation sites excluding steroid dienone is 2. The molecule has 0 atom stereocenters. The highest BCUT2D eigenvalue weighted by Gasteiger charge is 2.06. The van der Waals surface area contributed by atoms with Gasteiger partial charge in [0.05, 0.1) is 5.52 Å². The van der Waals surface area contributed by atoms with Gasteiger partial charge in [-0.05, 0) is 30.9 Å². The third-order valence-electron chi connectivity index (χ3n) is 2.71. The van der Waals surface area contributed by atoms with Gasteiger partial charge in [-0.15, -0.1) is 11.8 Å². The van der Waals surface area contributed by atoms with Crippen molar-refractivity contribution in [3.05, 3.63) is 36.5 Å². The van der Waals surface area contributed by atoms with Crippen LogP contribution in [0.25, 0.3) is 10.9 Å². The first-order valence-corrected chi connectivity index (χ1v) is 6.87. The fourth-order valence-electron chi connectivity index (χ4n) is 1.94. The summed E-state index contributed by atoms with van der Waals surface area (Å²) in [7, 11) is 0. The molecule has 0 bridgehead atoms. The molecule has 1 aromatic carbocycles. The van der Waals surface area contributed by atoms with Crippen molar-refractivity contribution in [1.29, 1.82) is 0 Å². The lowest BCUT2D eigenvalue weighted by atomic mass is 10.2. The largest absolute Gasteiger partial charge is 0.399 e. The van der Waals surface area contributed by atoms with Crippen LogP contribution in [0.4, 0.5) is 5.69 Å². The zero-order valence-corrected chi connectivity index (χ0v) is 11.1. The van der Waals surface area contributed by atoms with E-state index in [1.807, 2.05) is 18.7 Å². The van der Waals surface area contributed by atoms with Gasteiger partial charge in [0.1, 0.15) is 0 Å². The molecule has 0 saturated carbocycles. The maximum absolute atomic E-state index is 5.97. The van der Waals surface area contributed by atoms with Gasteiger partial charge >= 0.3 is 0 Å². The predicted octanol–water partition coefficient (Wildman–Crippen LogP) is 3.91. The van der Waals surface area contributed by atoms with Gasteiger partial charge in [-0.1, -0.05) is 19.1 Å². The first kappa shape index (κ1) is 12.1. The minimum atomic E-state index is 0.842. The molecule has 0 spiro atoms. The first-order valence-electron chi connectivity index (χ1n) is 5.88. The predicted molar refractivity (Wildman–Crippen MR) is 77.6 cm³/mol. The fraction of sp³-hybridized carbons (Fsp3) is 0.286. The molecule has 0 unspecified atom stereocenters. The number of hydrogen-bond donors (Lipinski definition) is 1. The summed E-state index contributed by atoms with van der Waals surface area (Å²) in [6.45, 7) is 5.11. The molecule has 2 N–H and O–H groups in total. The molecule has 0 aliphatic rings. The molecule has 0 aliphatic carbocycles. The van der Waals surface area contributed by atoms with Crippen LogP contribution in [0, 0.1) is 0 Å². The van der Waals surface area contributed by atoms with Gasteiger partial charge in [0.2, 0.25) is 0 Å². The SMILES string of the molecule is C/C=C/Cn1ccc2c(SCC)cc(N)cc21. The van der Waals surface area contributed by atoms with Crippen molar-refractivity contribution in [2.75, 3.05) is 11.5 Å². The van der Waals surface area contributed by atoms with Gasteiger partial charge in [-0.25, -0.2) is 0 Å². The Hall–Kier alpha value is -1.35. The average Bonchev–Trinajstić information content (AvgIpc) is 2.70. The van der Waals surface area contributed by atoms with Crippen molar-refractivity contribution >= 4 is 28.4 Å². The number of nitrogens with zero attached hydrogens (tertiary/aromatic N) is 1. The fourth-order valence-corrected chi connectivity index (χ4v) is 2.79. The van der Waals surface area contributed by atoms with Crippen LogP contribution < -0.4 is 5.73 Å². The number of nitrogens with two attached hydrogens (primary N) is 1. The zero-order chi connectivity index (χ0) is 12.3. The molecule has 0 saturated heterocycles. The minimum absolute atomic E-state index is 0.842. The maximum atomic E-state index is 5.97. The van der Waals surface area contributed by atoms with E-state index >= 15 is 0 Å². The molecule has 0 fully saturated rings. The second-order valence-electron chi connectivity index (χ2n) is 3.92. The molecule has 1 aromatic heterocycles. The van der Waals surface area contributed by atoms with Crippen molar-refractivity contribution in [3.63, 3.8) is 0 Å². The smallest absolute Gasteiger partial charge is 0.0515 e. The van der Waals surface area contributed by atoms with Crippen molar-refractivity contribution in [1.82, 2.24) is 4.57 Å². The van der Waals surface area contributed by atoms with E-state index in [-0.39, 0.29) is 0 Å². The lowest BCUT2D eigenvalue weighted by molar-refractivity contribution is 0.862. The summed E-state index contributed by atoms with van der Waals surface area (Å²) in [6.07, 6.45) is 6.35. The number of thioether (sulfide) groups is 1. The van der Waals surface area contributed by atoms with E-state index in [2.05, 4.69) is 48.0 Å². The molecule has 2 rings (SSSR count). The van der Waals surface area contributed by atoms with Crippen LogP contribution in [0.2, 0.25) is 0 Å². The molecule has 17 heavy (non-hydrogen) atoms. The minimum Gasteiger partial charge on any atom is -0.399 e. The topological polar surface area (TPSA) is 30.9 Å². The van der Waals surface area contributed by atoms with E-state index in [9.17, 15) is 0 Å². The van der Waals surface area contributed by atoms with Crippen LogP contribution >= 0.6 is 11.8 Å². The Morgan fingerprint density at radius 3 is 2.94 bits per heavy atom. The number of anilines is 1. The first-order chi connectivity index (χ1) is 8.26. The van der Waals surface area contributed by atoms with E-state index in [1.165, 1.54) is 15.8 Å². The van der Waals surface area contributed by atoms with Crippen molar-refractivity contribution in [2.24, 2.45) is 0 Å². The summed E-state index contributed by atoms with van der Waals surface area (Å²) in [6, 6.07) is 6.30. The molecule has 90 valence electrons. The van der Waals surface area contributed by atoms with Gasteiger partial charge in [-0.2, -0.15) is 0 Å². The molecule has 2 nitrogen and oxygen atoms in total. The van der Waals surface area contributed by atoms with E-state index in [1.54, 1.807) is 0 Å². The van der Waals surface area contributed by atoms with Gasteiger partial charge in [0.25, 0.3) is 0 Å². The molecular weight excluding hydrogens is 228 g/mol. The molecule has 0 radical (unpaired) electrons. The third kappa shape index (κ3) is 2.50. The number of aromatic nitrogens is 1. The van der Waals surface area contributed by atoms with Crippen molar-refractivity contribution in [2.45, 2.75) is 25.3 Å². The second kappa shape index (κ2) is 5.32. The Balaban J connectivity index is 2.52. The van der Waals surface area contributed by atoms with Crippen LogP contribution in [0.3, 0.4) is 0 Å². The molecule has 0 amide bonds. The van der Waals surface area contributed by atoms with Crippen LogP contribution in [0.1, 0.15) is 13.8 Å². The summed E-state index contributed by atoms with van der Waals surface area (Å²) in [5, 5.41) is 1.30. The number of rotatable bonds is 4. The van der Waals surface area contributed by atoms with Gasteiger partial charge in [0, 0.05) is 28.7 Å². The van der Waals surface area contributed by atoms with Gasteiger partial charge in [-0.3, -0.25) is 0 Å². The van der Waals surface area contributed by atoms with E-state index in [0.717, 1.165) is 18.0 Å². The number of fused-ring (bicyclic) bond motifs is 1. The Morgan fingerprint density at radius 1 is 1.41 bits per heavy atom. The highest BCUT2D eigenvalue weighted by atomic mass is 32.2. The highest BCUT2D eigenvalue weighted by molar-refractivity contribution is 7.99. The normalized spacial score (nSPS) is 11.6. The van der Waals surface area contributed by atoms with E-state index in [0.29, 0.717) is 0 Å². The maximum Gasteiger partial charge on any atom is 0.0515 e. The Labute approximate surface area is 106 Å². The van der Waals surface area contributed by atoms with Crippen LogP contribution in [0.15, 0.2) is 41.4 Å². The van der Waals surface area contributed by atoms with E-state index < -0.39 is 0 Å². The summed E-state index contributed by atoms with van der Waals surface area (Å²) < 4.78 is 2.23. The molecule has 1 heterocycles. The third-order valence-corrected chi connectivity index (χ3v) is 3.65. The Bertz CT molecular complexity index is 540. The van der Waals surface area contributed by atoms with Crippen LogP contribution in [-0.4, -0.2) is 10.3 Å². The molecule has 0 aliphatic heterocycles. The standard InChI is InChI=1S/C14H18N2S/c1-3-5-7-16-8-6-12-13(16)9-11(15)10-14(12)17-4-2/h3,5-6,8-10H,4,7,15H2,1-2H3/b5-3+.